The standard InChI is InChI=1S/C20H12Cl2N2O2S/c21-13-7-5-12(6-8-13)16-10-9-14(26-16)11-23-24-20(25)19-18(22)15-3-1-2-4-17(15)27-19/h1-11H,(H,24,25). The summed E-state index contributed by atoms with van der Waals surface area (Å²) in [5.41, 5.74) is 3.39. The average molecular weight is 415 g/mol. The van der Waals surface area contributed by atoms with Gasteiger partial charge in [0.1, 0.15) is 16.4 Å². The van der Waals surface area contributed by atoms with Gasteiger partial charge in [-0.3, -0.25) is 4.79 Å². The highest BCUT2D eigenvalue weighted by molar-refractivity contribution is 7.21. The van der Waals surface area contributed by atoms with Crippen molar-refractivity contribution in [3.05, 3.63) is 81.3 Å². The fourth-order valence-electron chi connectivity index (χ4n) is 2.56. The number of fused-ring (bicyclic) bond motifs is 1. The molecule has 134 valence electrons. The van der Waals surface area contributed by atoms with Gasteiger partial charge in [-0.1, -0.05) is 41.4 Å². The van der Waals surface area contributed by atoms with E-state index in [1.165, 1.54) is 17.6 Å². The number of carbonyl (C=O) groups is 1. The summed E-state index contributed by atoms with van der Waals surface area (Å²) in [4.78, 5) is 12.8. The monoisotopic (exact) mass is 414 g/mol. The molecular weight excluding hydrogens is 403 g/mol. The normalized spacial score (nSPS) is 11.3. The van der Waals surface area contributed by atoms with Gasteiger partial charge in [-0.25, -0.2) is 5.43 Å². The second kappa shape index (κ2) is 7.56. The summed E-state index contributed by atoms with van der Waals surface area (Å²) >= 11 is 13.5. The fourth-order valence-corrected chi connectivity index (χ4v) is 4.09. The minimum atomic E-state index is -0.359. The van der Waals surface area contributed by atoms with Crippen LogP contribution in [0, 0.1) is 0 Å². The lowest BCUT2D eigenvalue weighted by Gasteiger charge is -1.97. The topological polar surface area (TPSA) is 54.6 Å². The van der Waals surface area contributed by atoms with E-state index in [1.54, 1.807) is 18.2 Å². The molecule has 0 saturated heterocycles. The Labute approximate surface area is 169 Å². The summed E-state index contributed by atoms with van der Waals surface area (Å²) in [5, 5.41) is 5.92. The number of nitrogens with one attached hydrogen (secondary N) is 1. The third kappa shape index (κ3) is 3.76. The summed E-state index contributed by atoms with van der Waals surface area (Å²) in [6.45, 7) is 0. The highest BCUT2D eigenvalue weighted by Gasteiger charge is 2.16. The number of thiophene rings is 1. The molecule has 0 atom stereocenters. The first-order valence-corrected chi connectivity index (χ1v) is 9.55. The molecule has 2 heterocycles. The van der Waals surface area contributed by atoms with Crippen LogP contribution < -0.4 is 5.43 Å². The Kier molecular flexibility index (Phi) is 4.99. The largest absolute Gasteiger partial charge is 0.455 e. The zero-order valence-electron chi connectivity index (χ0n) is 13.8. The zero-order chi connectivity index (χ0) is 18.8. The van der Waals surface area contributed by atoms with E-state index in [1.807, 2.05) is 42.5 Å². The van der Waals surface area contributed by atoms with Crippen LogP contribution in [0.4, 0.5) is 0 Å². The van der Waals surface area contributed by atoms with Crippen LogP contribution in [0.25, 0.3) is 21.4 Å². The first-order chi connectivity index (χ1) is 13.1. The predicted molar refractivity (Wildman–Crippen MR) is 111 cm³/mol. The summed E-state index contributed by atoms with van der Waals surface area (Å²) < 4.78 is 6.66. The lowest BCUT2D eigenvalue weighted by molar-refractivity contribution is 0.0959. The van der Waals surface area contributed by atoms with Gasteiger partial charge in [0, 0.05) is 20.7 Å². The van der Waals surface area contributed by atoms with Crippen molar-refractivity contribution in [3.63, 3.8) is 0 Å². The Hall–Kier alpha value is -2.60. The first-order valence-electron chi connectivity index (χ1n) is 7.98. The van der Waals surface area contributed by atoms with E-state index >= 15 is 0 Å². The van der Waals surface area contributed by atoms with Gasteiger partial charge in [-0.2, -0.15) is 5.10 Å². The molecule has 0 unspecified atom stereocenters. The molecule has 27 heavy (non-hydrogen) atoms. The van der Waals surface area contributed by atoms with Crippen LogP contribution in [-0.4, -0.2) is 12.1 Å². The molecule has 0 bridgehead atoms. The van der Waals surface area contributed by atoms with Gasteiger partial charge < -0.3 is 4.42 Å². The number of halogens is 2. The average Bonchev–Trinajstić information content (AvgIpc) is 3.28. The number of benzene rings is 2. The smallest absolute Gasteiger partial charge is 0.283 e. The Bertz CT molecular complexity index is 1150. The summed E-state index contributed by atoms with van der Waals surface area (Å²) in [6.07, 6.45) is 1.44. The molecule has 4 rings (SSSR count). The Balaban J connectivity index is 1.46. The summed E-state index contributed by atoms with van der Waals surface area (Å²) in [6, 6.07) is 18.5. The van der Waals surface area contributed by atoms with E-state index < -0.39 is 0 Å². The van der Waals surface area contributed by atoms with E-state index in [4.69, 9.17) is 27.6 Å². The molecule has 0 aliphatic rings. The van der Waals surface area contributed by atoms with Crippen LogP contribution in [0.15, 0.2) is 70.2 Å². The van der Waals surface area contributed by atoms with Gasteiger partial charge in [0.15, 0.2) is 0 Å². The van der Waals surface area contributed by atoms with Gasteiger partial charge in [-0.15, -0.1) is 11.3 Å². The molecule has 0 spiro atoms. The van der Waals surface area contributed by atoms with Crippen molar-refractivity contribution >= 4 is 56.7 Å². The maximum atomic E-state index is 12.3. The molecule has 4 aromatic rings. The van der Waals surface area contributed by atoms with Gasteiger partial charge in [0.2, 0.25) is 0 Å². The van der Waals surface area contributed by atoms with Crippen LogP contribution in [0.5, 0.6) is 0 Å². The maximum Gasteiger partial charge on any atom is 0.283 e. The van der Waals surface area contributed by atoms with Crippen molar-refractivity contribution in [1.82, 2.24) is 5.43 Å². The molecule has 4 nitrogen and oxygen atoms in total. The third-order valence-electron chi connectivity index (χ3n) is 3.85. The molecule has 0 aliphatic heterocycles. The Morgan fingerprint density at radius 1 is 1.04 bits per heavy atom. The van der Waals surface area contributed by atoms with Crippen molar-refractivity contribution in [1.29, 1.82) is 0 Å². The van der Waals surface area contributed by atoms with Crippen LogP contribution in [0.2, 0.25) is 10.0 Å². The molecule has 2 aromatic heterocycles. The molecule has 1 N–H and O–H groups in total. The van der Waals surface area contributed by atoms with Crippen LogP contribution in [0.1, 0.15) is 15.4 Å². The zero-order valence-corrected chi connectivity index (χ0v) is 16.1. The number of amides is 1. The molecule has 0 fully saturated rings. The molecule has 0 radical (unpaired) electrons. The van der Waals surface area contributed by atoms with Gasteiger partial charge >= 0.3 is 0 Å². The second-order valence-corrected chi connectivity index (χ2v) is 7.52. The van der Waals surface area contributed by atoms with Crippen LogP contribution in [0.3, 0.4) is 0 Å². The molecule has 0 aliphatic carbocycles. The number of nitrogens with zero attached hydrogens (tertiary/aromatic N) is 1. The molecular formula is C20H12Cl2N2O2S. The summed E-state index contributed by atoms with van der Waals surface area (Å²) in [7, 11) is 0. The molecule has 2 aromatic carbocycles. The lowest BCUT2D eigenvalue weighted by atomic mass is 10.2. The molecule has 7 heteroatoms. The number of furan rings is 1. The number of hydrazone groups is 1. The van der Waals surface area contributed by atoms with Crippen molar-refractivity contribution in [2.45, 2.75) is 0 Å². The predicted octanol–water partition coefficient (Wildman–Crippen LogP) is 6.23. The number of carbonyl (C=O) groups excluding carboxylic acids is 1. The minimum absolute atomic E-state index is 0.359. The van der Waals surface area contributed by atoms with Crippen molar-refractivity contribution < 1.29 is 9.21 Å². The second-order valence-electron chi connectivity index (χ2n) is 5.65. The number of hydrogen-bond donors (Lipinski definition) is 1. The van der Waals surface area contributed by atoms with Crippen molar-refractivity contribution in [2.75, 3.05) is 0 Å². The van der Waals surface area contributed by atoms with Crippen LogP contribution >= 0.6 is 34.5 Å². The van der Waals surface area contributed by atoms with Crippen LogP contribution in [-0.2, 0) is 0 Å². The highest BCUT2D eigenvalue weighted by atomic mass is 35.5. The van der Waals surface area contributed by atoms with E-state index in [2.05, 4.69) is 10.5 Å². The number of hydrogen-bond acceptors (Lipinski definition) is 4. The van der Waals surface area contributed by atoms with Crippen molar-refractivity contribution in [2.24, 2.45) is 5.10 Å². The van der Waals surface area contributed by atoms with Crippen molar-refractivity contribution in [3.8, 4) is 11.3 Å². The lowest BCUT2D eigenvalue weighted by Crippen LogP contribution is -2.16. The SMILES string of the molecule is O=C(NN=Cc1ccc(-c2ccc(Cl)cc2)o1)c1sc2ccccc2c1Cl. The van der Waals surface area contributed by atoms with Gasteiger partial charge in [-0.05, 0) is 42.5 Å². The highest BCUT2D eigenvalue weighted by Crippen LogP contribution is 2.34. The summed E-state index contributed by atoms with van der Waals surface area (Å²) in [5.74, 6) is 0.844. The quantitative estimate of drug-likeness (QED) is 0.317. The Morgan fingerprint density at radius 3 is 2.59 bits per heavy atom. The fraction of sp³-hybridized carbons (Fsp3) is 0. The van der Waals surface area contributed by atoms with Gasteiger partial charge in [0.25, 0.3) is 5.91 Å². The van der Waals surface area contributed by atoms with E-state index in [9.17, 15) is 4.79 Å². The van der Waals surface area contributed by atoms with E-state index in [0.717, 1.165) is 15.6 Å². The van der Waals surface area contributed by atoms with Gasteiger partial charge in [0.05, 0.1) is 11.2 Å². The Morgan fingerprint density at radius 2 is 1.81 bits per heavy atom. The third-order valence-corrected chi connectivity index (χ3v) is 5.78. The first kappa shape index (κ1) is 17.8. The van der Waals surface area contributed by atoms with E-state index in [0.29, 0.717) is 26.4 Å². The molecule has 1 amide bonds. The van der Waals surface area contributed by atoms with E-state index in [-0.39, 0.29) is 5.91 Å². The number of rotatable bonds is 4. The minimum Gasteiger partial charge on any atom is -0.455 e. The molecule has 0 saturated carbocycles. The maximum absolute atomic E-state index is 12.3.